The lowest BCUT2D eigenvalue weighted by atomic mass is 9.98. The summed E-state index contributed by atoms with van der Waals surface area (Å²) in [4.78, 5) is 2.62. The molecule has 0 spiro atoms. The van der Waals surface area contributed by atoms with Crippen molar-refractivity contribution in [1.82, 2.24) is 10.2 Å². The minimum Gasteiger partial charge on any atom is -0.315 e. The Morgan fingerprint density at radius 2 is 2.15 bits per heavy atom. The van der Waals surface area contributed by atoms with Gasteiger partial charge in [-0.2, -0.15) is 0 Å². The molecule has 1 unspecified atom stereocenters. The summed E-state index contributed by atoms with van der Waals surface area (Å²) in [5.41, 5.74) is 0.375. The average molecular weight is 184 g/mol. The topological polar surface area (TPSA) is 15.3 Å². The molecule has 1 atom stereocenters. The van der Waals surface area contributed by atoms with Crippen molar-refractivity contribution >= 4 is 0 Å². The number of hydrogen-bond donors (Lipinski definition) is 1. The van der Waals surface area contributed by atoms with E-state index in [1.54, 1.807) is 0 Å². The van der Waals surface area contributed by atoms with E-state index in [-0.39, 0.29) is 0 Å². The second kappa shape index (κ2) is 4.43. The zero-order chi connectivity index (χ0) is 9.90. The third kappa shape index (κ3) is 2.96. The van der Waals surface area contributed by atoms with Gasteiger partial charge in [-0.25, -0.2) is 0 Å². The van der Waals surface area contributed by atoms with Crippen LogP contribution in [0.4, 0.5) is 0 Å². The summed E-state index contributed by atoms with van der Waals surface area (Å²) >= 11 is 0. The largest absolute Gasteiger partial charge is 0.315 e. The van der Waals surface area contributed by atoms with Crippen LogP contribution in [0.3, 0.4) is 0 Å². The summed E-state index contributed by atoms with van der Waals surface area (Å²) in [6.07, 6.45) is 1.24. The number of hydrogen-bond acceptors (Lipinski definition) is 2. The first-order chi connectivity index (χ1) is 6.06. The number of nitrogens with zero attached hydrogens (tertiary/aromatic N) is 1. The summed E-state index contributed by atoms with van der Waals surface area (Å²) < 4.78 is 0. The van der Waals surface area contributed by atoms with E-state index in [4.69, 9.17) is 0 Å². The number of rotatable bonds is 2. The molecule has 0 aromatic carbocycles. The highest BCUT2D eigenvalue weighted by Crippen LogP contribution is 2.20. The molecule has 1 N–H and O–H groups in total. The first-order valence-corrected chi connectivity index (χ1v) is 5.52. The Bertz CT molecular complexity index is 154. The standard InChI is InChI=1S/C11H24N2/c1-5-11(3,4)13-7-6-12-8-10(2)9-13/h10,12H,5-9H2,1-4H3. The lowest BCUT2D eigenvalue weighted by Crippen LogP contribution is -2.46. The smallest absolute Gasteiger partial charge is 0.0151 e. The fourth-order valence-electron chi connectivity index (χ4n) is 1.87. The Kier molecular flexibility index (Phi) is 3.74. The van der Waals surface area contributed by atoms with Crippen molar-refractivity contribution < 1.29 is 0 Å². The van der Waals surface area contributed by atoms with Gasteiger partial charge in [0.1, 0.15) is 0 Å². The molecule has 1 aliphatic rings. The zero-order valence-electron chi connectivity index (χ0n) is 9.56. The van der Waals surface area contributed by atoms with Crippen LogP contribution in [0.2, 0.25) is 0 Å². The van der Waals surface area contributed by atoms with Crippen molar-refractivity contribution in [3.8, 4) is 0 Å². The third-order valence-electron chi connectivity index (χ3n) is 3.30. The Morgan fingerprint density at radius 3 is 2.77 bits per heavy atom. The van der Waals surface area contributed by atoms with Crippen LogP contribution in [0, 0.1) is 5.92 Å². The average Bonchev–Trinajstić information content (AvgIpc) is 2.30. The predicted molar refractivity (Wildman–Crippen MR) is 58.0 cm³/mol. The molecule has 0 aromatic rings. The summed E-state index contributed by atoms with van der Waals surface area (Å²) in [6.45, 7) is 14.1. The lowest BCUT2D eigenvalue weighted by molar-refractivity contribution is 0.112. The van der Waals surface area contributed by atoms with E-state index in [0.717, 1.165) is 12.5 Å². The van der Waals surface area contributed by atoms with E-state index in [2.05, 4.69) is 37.9 Å². The SMILES string of the molecule is CCC(C)(C)N1CCNCC(C)C1. The van der Waals surface area contributed by atoms with Gasteiger partial charge in [-0.05, 0) is 32.7 Å². The minimum atomic E-state index is 0.375. The molecule has 0 amide bonds. The molecule has 78 valence electrons. The maximum Gasteiger partial charge on any atom is 0.0151 e. The zero-order valence-corrected chi connectivity index (χ0v) is 9.56. The van der Waals surface area contributed by atoms with E-state index < -0.39 is 0 Å². The van der Waals surface area contributed by atoms with Crippen LogP contribution in [0.25, 0.3) is 0 Å². The summed E-state index contributed by atoms with van der Waals surface area (Å²) in [7, 11) is 0. The first kappa shape index (κ1) is 11.0. The van der Waals surface area contributed by atoms with E-state index in [1.165, 1.54) is 26.1 Å². The Morgan fingerprint density at radius 1 is 1.46 bits per heavy atom. The molecule has 1 heterocycles. The second-order valence-electron chi connectivity index (χ2n) is 4.92. The van der Waals surface area contributed by atoms with Gasteiger partial charge in [-0.1, -0.05) is 13.8 Å². The minimum absolute atomic E-state index is 0.375. The van der Waals surface area contributed by atoms with Gasteiger partial charge in [0.15, 0.2) is 0 Å². The molecular formula is C11H24N2. The Balaban J connectivity index is 2.56. The van der Waals surface area contributed by atoms with Crippen molar-refractivity contribution in [3.05, 3.63) is 0 Å². The van der Waals surface area contributed by atoms with Gasteiger partial charge in [0.2, 0.25) is 0 Å². The molecular weight excluding hydrogens is 160 g/mol. The predicted octanol–water partition coefficient (Wildman–Crippen LogP) is 1.72. The monoisotopic (exact) mass is 184 g/mol. The highest BCUT2D eigenvalue weighted by atomic mass is 15.2. The van der Waals surface area contributed by atoms with E-state index in [1.807, 2.05) is 0 Å². The van der Waals surface area contributed by atoms with Crippen molar-refractivity contribution in [2.24, 2.45) is 5.92 Å². The van der Waals surface area contributed by atoms with Crippen molar-refractivity contribution in [2.45, 2.75) is 39.7 Å². The van der Waals surface area contributed by atoms with E-state index in [9.17, 15) is 0 Å². The normalized spacial score (nSPS) is 27.2. The Hall–Kier alpha value is -0.0800. The van der Waals surface area contributed by atoms with Crippen molar-refractivity contribution in [3.63, 3.8) is 0 Å². The van der Waals surface area contributed by atoms with Crippen LogP contribution >= 0.6 is 0 Å². The fourth-order valence-corrected chi connectivity index (χ4v) is 1.87. The first-order valence-electron chi connectivity index (χ1n) is 5.52. The summed E-state index contributed by atoms with van der Waals surface area (Å²) in [5.74, 6) is 0.785. The molecule has 1 rings (SSSR count). The van der Waals surface area contributed by atoms with Crippen LogP contribution in [0.1, 0.15) is 34.1 Å². The van der Waals surface area contributed by atoms with Crippen molar-refractivity contribution in [2.75, 3.05) is 26.2 Å². The highest BCUT2D eigenvalue weighted by molar-refractivity contribution is 4.83. The van der Waals surface area contributed by atoms with Crippen LogP contribution in [-0.4, -0.2) is 36.6 Å². The van der Waals surface area contributed by atoms with Crippen LogP contribution < -0.4 is 5.32 Å². The van der Waals surface area contributed by atoms with Gasteiger partial charge in [0, 0.05) is 25.2 Å². The molecule has 0 saturated carbocycles. The third-order valence-corrected chi connectivity index (χ3v) is 3.30. The van der Waals surface area contributed by atoms with Crippen LogP contribution in [0.15, 0.2) is 0 Å². The molecule has 1 fully saturated rings. The van der Waals surface area contributed by atoms with E-state index in [0.29, 0.717) is 5.54 Å². The molecule has 0 bridgehead atoms. The van der Waals surface area contributed by atoms with Gasteiger partial charge in [0.25, 0.3) is 0 Å². The number of nitrogens with one attached hydrogen (secondary N) is 1. The van der Waals surface area contributed by atoms with Gasteiger partial charge >= 0.3 is 0 Å². The van der Waals surface area contributed by atoms with Gasteiger partial charge < -0.3 is 5.32 Å². The van der Waals surface area contributed by atoms with Crippen LogP contribution in [-0.2, 0) is 0 Å². The maximum absolute atomic E-state index is 3.48. The molecule has 0 radical (unpaired) electrons. The quantitative estimate of drug-likeness (QED) is 0.703. The fraction of sp³-hybridized carbons (Fsp3) is 1.00. The molecule has 1 aliphatic heterocycles. The van der Waals surface area contributed by atoms with Gasteiger partial charge in [-0.3, -0.25) is 4.90 Å². The molecule has 0 aliphatic carbocycles. The molecule has 2 heteroatoms. The van der Waals surface area contributed by atoms with Gasteiger partial charge in [-0.15, -0.1) is 0 Å². The molecule has 2 nitrogen and oxygen atoms in total. The summed E-state index contributed by atoms with van der Waals surface area (Å²) in [5, 5.41) is 3.48. The lowest BCUT2D eigenvalue weighted by Gasteiger charge is -2.38. The second-order valence-corrected chi connectivity index (χ2v) is 4.92. The summed E-state index contributed by atoms with van der Waals surface area (Å²) in [6, 6.07) is 0. The van der Waals surface area contributed by atoms with Gasteiger partial charge in [0.05, 0.1) is 0 Å². The molecule has 13 heavy (non-hydrogen) atoms. The highest BCUT2D eigenvalue weighted by Gasteiger charge is 2.26. The maximum atomic E-state index is 3.48. The Labute approximate surface area is 82.7 Å². The van der Waals surface area contributed by atoms with Crippen LogP contribution in [0.5, 0.6) is 0 Å². The molecule has 0 aromatic heterocycles. The molecule has 1 saturated heterocycles. The van der Waals surface area contributed by atoms with E-state index >= 15 is 0 Å². The van der Waals surface area contributed by atoms with Crippen molar-refractivity contribution in [1.29, 1.82) is 0 Å².